The molecule has 1 aliphatic rings. The van der Waals surface area contributed by atoms with Crippen LogP contribution in [-0.4, -0.2) is 34.5 Å². The number of aliphatic hydroxyl groups excluding tert-OH is 1. The van der Waals surface area contributed by atoms with E-state index in [-0.39, 0.29) is 6.10 Å². The van der Waals surface area contributed by atoms with Gasteiger partial charge in [-0.05, 0) is 43.2 Å². The molecule has 1 aromatic heterocycles. The number of hydrogen-bond acceptors (Lipinski definition) is 4. The van der Waals surface area contributed by atoms with Crippen molar-refractivity contribution in [2.24, 2.45) is 0 Å². The van der Waals surface area contributed by atoms with E-state index in [1.165, 1.54) is 5.56 Å². The third kappa shape index (κ3) is 2.69. The number of benzene rings is 1. The van der Waals surface area contributed by atoms with Crippen molar-refractivity contribution in [1.82, 2.24) is 10.2 Å². The first-order valence-corrected chi connectivity index (χ1v) is 7.46. The molecule has 2 heterocycles. The largest absolute Gasteiger partial charge is 0.391 e. The molecule has 1 fully saturated rings. The Morgan fingerprint density at radius 1 is 1.25 bits per heavy atom. The Labute approximate surface area is 126 Å². The highest BCUT2D eigenvalue weighted by atomic mass is 79.9. The van der Waals surface area contributed by atoms with Gasteiger partial charge in [-0.25, -0.2) is 0 Å². The molecule has 1 atom stereocenters. The summed E-state index contributed by atoms with van der Waals surface area (Å²) in [6.07, 6.45) is 0.553. The molecule has 0 spiro atoms. The molecule has 1 N–H and O–H groups in total. The van der Waals surface area contributed by atoms with Crippen LogP contribution in [0.2, 0.25) is 0 Å². The van der Waals surface area contributed by atoms with E-state index in [9.17, 15) is 5.11 Å². The number of nitrogens with zero attached hydrogens (tertiary/aromatic N) is 3. The molecular weight excluding hydrogens is 318 g/mol. The highest BCUT2D eigenvalue weighted by Crippen LogP contribution is 2.26. The fourth-order valence-electron chi connectivity index (χ4n) is 2.46. The van der Waals surface area contributed by atoms with E-state index in [0.29, 0.717) is 6.54 Å². The number of halogens is 1. The van der Waals surface area contributed by atoms with Gasteiger partial charge in [-0.2, -0.15) is 0 Å². The van der Waals surface area contributed by atoms with E-state index in [1.54, 1.807) is 0 Å². The maximum absolute atomic E-state index is 9.57. The Kier molecular flexibility index (Phi) is 3.72. The maximum Gasteiger partial charge on any atom is 0.151 e. The van der Waals surface area contributed by atoms with E-state index in [4.69, 9.17) is 0 Å². The molecule has 1 aliphatic heterocycles. The van der Waals surface area contributed by atoms with E-state index in [1.807, 2.05) is 18.2 Å². The lowest BCUT2D eigenvalue weighted by Crippen LogP contribution is -2.22. The molecule has 0 saturated carbocycles. The number of hydrogen-bond donors (Lipinski definition) is 1. The summed E-state index contributed by atoms with van der Waals surface area (Å²) in [4.78, 5) is 2.06. The van der Waals surface area contributed by atoms with Crippen LogP contribution in [-0.2, 0) is 0 Å². The second-order valence-electron chi connectivity index (χ2n) is 5.12. The van der Waals surface area contributed by atoms with Crippen LogP contribution in [0.3, 0.4) is 0 Å². The van der Waals surface area contributed by atoms with Gasteiger partial charge in [0.2, 0.25) is 0 Å². The molecule has 0 radical (unpaired) electrons. The lowest BCUT2D eigenvalue weighted by molar-refractivity contribution is 0.198. The van der Waals surface area contributed by atoms with Crippen molar-refractivity contribution in [3.05, 3.63) is 40.4 Å². The SMILES string of the molecule is Cc1ccc(Br)cc1-c1ccc(N2CCC(O)C2)nn1. The summed E-state index contributed by atoms with van der Waals surface area (Å²) in [6, 6.07) is 10.1. The Morgan fingerprint density at radius 3 is 2.75 bits per heavy atom. The second-order valence-corrected chi connectivity index (χ2v) is 6.04. The Morgan fingerprint density at radius 2 is 2.10 bits per heavy atom. The number of β-amino-alcohol motifs (C(OH)–C–C–N with tert-alkyl or cyclic N) is 1. The number of anilines is 1. The quantitative estimate of drug-likeness (QED) is 0.918. The van der Waals surface area contributed by atoms with Crippen LogP contribution in [0, 0.1) is 6.92 Å². The minimum Gasteiger partial charge on any atom is -0.391 e. The topological polar surface area (TPSA) is 49.2 Å². The zero-order valence-corrected chi connectivity index (χ0v) is 12.8. The van der Waals surface area contributed by atoms with Gasteiger partial charge in [0.05, 0.1) is 11.8 Å². The summed E-state index contributed by atoms with van der Waals surface area (Å²) in [5.41, 5.74) is 3.12. The first kappa shape index (κ1) is 13.5. The fourth-order valence-corrected chi connectivity index (χ4v) is 2.82. The molecule has 3 rings (SSSR count). The zero-order valence-electron chi connectivity index (χ0n) is 11.3. The predicted molar refractivity (Wildman–Crippen MR) is 82.7 cm³/mol. The van der Waals surface area contributed by atoms with Crippen molar-refractivity contribution in [1.29, 1.82) is 0 Å². The monoisotopic (exact) mass is 333 g/mol. The maximum atomic E-state index is 9.57. The first-order chi connectivity index (χ1) is 9.63. The van der Waals surface area contributed by atoms with E-state index >= 15 is 0 Å². The van der Waals surface area contributed by atoms with Crippen molar-refractivity contribution >= 4 is 21.7 Å². The van der Waals surface area contributed by atoms with Gasteiger partial charge in [0.25, 0.3) is 0 Å². The van der Waals surface area contributed by atoms with Gasteiger partial charge < -0.3 is 10.0 Å². The van der Waals surface area contributed by atoms with Crippen LogP contribution in [0.15, 0.2) is 34.8 Å². The Hall–Kier alpha value is -1.46. The normalized spacial score (nSPS) is 18.6. The highest BCUT2D eigenvalue weighted by Gasteiger charge is 2.21. The second kappa shape index (κ2) is 5.50. The van der Waals surface area contributed by atoms with Crippen LogP contribution < -0.4 is 4.90 Å². The molecule has 0 aliphatic carbocycles. The van der Waals surface area contributed by atoms with Gasteiger partial charge in [0.15, 0.2) is 5.82 Å². The summed E-state index contributed by atoms with van der Waals surface area (Å²) >= 11 is 3.48. The number of aromatic nitrogens is 2. The van der Waals surface area contributed by atoms with Crippen molar-refractivity contribution in [2.75, 3.05) is 18.0 Å². The van der Waals surface area contributed by atoms with Crippen LogP contribution in [0.1, 0.15) is 12.0 Å². The average molecular weight is 334 g/mol. The van der Waals surface area contributed by atoms with Crippen LogP contribution in [0.25, 0.3) is 11.3 Å². The summed E-state index contributed by atoms with van der Waals surface area (Å²) in [5.74, 6) is 0.831. The third-order valence-corrected chi connectivity index (χ3v) is 4.11. The van der Waals surface area contributed by atoms with Gasteiger partial charge in [0.1, 0.15) is 0 Å². The minimum absolute atomic E-state index is 0.246. The Bertz CT molecular complexity index is 615. The molecule has 5 heteroatoms. The fraction of sp³-hybridized carbons (Fsp3) is 0.333. The van der Waals surface area contributed by atoms with E-state index in [2.05, 4.69) is 50.1 Å². The zero-order chi connectivity index (χ0) is 14.1. The van der Waals surface area contributed by atoms with Crippen molar-refractivity contribution in [3.63, 3.8) is 0 Å². The average Bonchev–Trinajstić information content (AvgIpc) is 2.88. The van der Waals surface area contributed by atoms with Gasteiger partial charge in [0, 0.05) is 23.1 Å². The van der Waals surface area contributed by atoms with Crippen LogP contribution in [0.4, 0.5) is 5.82 Å². The summed E-state index contributed by atoms with van der Waals surface area (Å²) < 4.78 is 1.03. The summed E-state index contributed by atoms with van der Waals surface area (Å²) in [6.45, 7) is 3.54. The van der Waals surface area contributed by atoms with Crippen LogP contribution in [0.5, 0.6) is 0 Å². The van der Waals surface area contributed by atoms with E-state index < -0.39 is 0 Å². The Balaban J connectivity index is 1.87. The smallest absolute Gasteiger partial charge is 0.151 e. The predicted octanol–water partition coefficient (Wildman–Crippen LogP) is 2.79. The highest BCUT2D eigenvalue weighted by molar-refractivity contribution is 9.10. The van der Waals surface area contributed by atoms with Crippen molar-refractivity contribution in [2.45, 2.75) is 19.4 Å². The van der Waals surface area contributed by atoms with Gasteiger partial charge >= 0.3 is 0 Å². The molecule has 104 valence electrons. The first-order valence-electron chi connectivity index (χ1n) is 6.67. The van der Waals surface area contributed by atoms with Gasteiger partial charge in [-0.3, -0.25) is 0 Å². The number of aryl methyl sites for hydroxylation is 1. The summed E-state index contributed by atoms with van der Waals surface area (Å²) in [5, 5.41) is 18.2. The van der Waals surface area contributed by atoms with Gasteiger partial charge in [-0.1, -0.05) is 22.0 Å². The van der Waals surface area contributed by atoms with Crippen molar-refractivity contribution in [3.8, 4) is 11.3 Å². The van der Waals surface area contributed by atoms with E-state index in [0.717, 1.165) is 34.5 Å². The minimum atomic E-state index is -0.246. The molecule has 2 aromatic rings. The molecule has 0 bridgehead atoms. The third-order valence-electron chi connectivity index (χ3n) is 3.61. The number of aliphatic hydroxyl groups is 1. The molecule has 0 amide bonds. The molecule has 20 heavy (non-hydrogen) atoms. The molecule has 1 saturated heterocycles. The standard InChI is InChI=1S/C15H16BrN3O/c1-10-2-3-11(16)8-13(10)14-4-5-15(18-17-14)19-7-6-12(20)9-19/h2-5,8,12,20H,6-7,9H2,1H3. The molecule has 1 unspecified atom stereocenters. The number of rotatable bonds is 2. The van der Waals surface area contributed by atoms with Gasteiger partial charge in [-0.15, -0.1) is 10.2 Å². The van der Waals surface area contributed by atoms with Crippen LogP contribution >= 0.6 is 15.9 Å². The lowest BCUT2D eigenvalue weighted by atomic mass is 10.1. The lowest BCUT2D eigenvalue weighted by Gasteiger charge is -2.16. The molecular formula is C15H16BrN3O. The van der Waals surface area contributed by atoms with Crippen molar-refractivity contribution < 1.29 is 5.11 Å². The molecule has 4 nitrogen and oxygen atoms in total. The summed E-state index contributed by atoms with van der Waals surface area (Å²) in [7, 11) is 0. The molecule has 1 aromatic carbocycles.